The summed E-state index contributed by atoms with van der Waals surface area (Å²) in [4.78, 5) is 24.6. The van der Waals surface area contributed by atoms with E-state index < -0.39 is 6.10 Å². The molecule has 4 rings (SSSR count). The number of carbonyl (C=O) groups excluding carboxylic acids is 2. The Balaban J connectivity index is 1.42. The third kappa shape index (κ3) is 5.60. The molecular weight excluding hydrogens is 440 g/mol. The number of fused-ring (bicyclic) bond motifs is 5. The molecule has 1 aromatic carbocycles. The summed E-state index contributed by atoms with van der Waals surface area (Å²) in [7, 11) is 0. The number of ether oxygens (including phenoxy) is 2. The molecule has 0 unspecified atom stereocenters. The monoisotopic (exact) mass is 484 g/mol. The number of hydrogen-bond donors (Lipinski definition) is 1. The molecule has 194 valence electrons. The van der Waals surface area contributed by atoms with Crippen molar-refractivity contribution in [1.82, 2.24) is 0 Å². The van der Waals surface area contributed by atoms with Crippen molar-refractivity contribution in [1.29, 1.82) is 0 Å². The molecule has 2 fully saturated rings. The average molecular weight is 485 g/mol. The largest absolute Gasteiger partial charge is 0.460 e. The zero-order chi connectivity index (χ0) is 25.0. The van der Waals surface area contributed by atoms with Gasteiger partial charge in [-0.25, -0.2) is 0 Å². The van der Waals surface area contributed by atoms with Crippen LogP contribution in [-0.2, 0) is 20.7 Å². The second-order valence-electron chi connectivity index (χ2n) is 11.4. The van der Waals surface area contributed by atoms with E-state index in [1.165, 1.54) is 11.1 Å². The van der Waals surface area contributed by atoms with Gasteiger partial charge in [0.2, 0.25) is 0 Å². The highest BCUT2D eigenvalue weighted by Gasteiger charge is 2.59. The first-order chi connectivity index (χ1) is 16.9. The Morgan fingerprint density at radius 3 is 2.46 bits per heavy atom. The van der Waals surface area contributed by atoms with Crippen molar-refractivity contribution in [2.75, 3.05) is 0 Å². The Labute approximate surface area is 211 Å². The number of hydrogen-bond acceptors (Lipinski definition) is 5. The molecular formula is C30H44O5. The van der Waals surface area contributed by atoms with Crippen molar-refractivity contribution in [2.45, 2.75) is 122 Å². The summed E-state index contributed by atoms with van der Waals surface area (Å²) in [6.07, 6.45) is 10.7. The van der Waals surface area contributed by atoms with E-state index in [1.807, 2.05) is 6.07 Å². The fourth-order valence-electron chi connectivity index (χ4n) is 7.15. The molecule has 3 aliphatic rings. The minimum atomic E-state index is -0.584. The predicted molar refractivity (Wildman–Crippen MR) is 136 cm³/mol. The summed E-state index contributed by atoms with van der Waals surface area (Å²) in [5.74, 6) is 1.66. The molecule has 1 N–H and O–H groups in total. The van der Waals surface area contributed by atoms with Crippen LogP contribution in [0.3, 0.4) is 0 Å². The quantitative estimate of drug-likeness (QED) is 0.233. The third-order valence-electron chi connectivity index (χ3n) is 9.13. The van der Waals surface area contributed by atoms with Crippen LogP contribution in [0, 0.1) is 17.3 Å². The van der Waals surface area contributed by atoms with Crippen molar-refractivity contribution in [2.24, 2.45) is 17.3 Å². The Kier molecular flexibility index (Phi) is 8.57. The Morgan fingerprint density at radius 2 is 1.74 bits per heavy atom. The number of benzene rings is 1. The Hall–Kier alpha value is -1.88. The molecule has 0 radical (unpaired) electrons. The lowest BCUT2D eigenvalue weighted by atomic mass is 9.55. The summed E-state index contributed by atoms with van der Waals surface area (Å²) in [5.41, 5.74) is 2.48. The first kappa shape index (κ1) is 26.2. The standard InChI is InChI=1S/C30H44O5/c1-4-6-8-10-27(31)34-21-13-15-22-20(18-21)12-14-24-23(22)16-17-30(3)25(24)19-26(29(30)33)35-28(32)11-9-7-5-2/h13,15,18,23-26,29,33H,4-12,14,16-17,19H2,1-3H3/t23-,24-,25+,26-,29+,30+/m1/s1. The smallest absolute Gasteiger partial charge is 0.311 e. The molecule has 0 saturated heterocycles. The van der Waals surface area contributed by atoms with Gasteiger partial charge in [-0.15, -0.1) is 0 Å². The molecule has 0 amide bonds. The second-order valence-corrected chi connectivity index (χ2v) is 11.4. The van der Waals surface area contributed by atoms with Gasteiger partial charge in [-0.1, -0.05) is 52.5 Å². The van der Waals surface area contributed by atoms with Gasteiger partial charge in [0.25, 0.3) is 0 Å². The van der Waals surface area contributed by atoms with Gasteiger partial charge in [-0.05, 0) is 86.0 Å². The lowest BCUT2D eigenvalue weighted by Gasteiger charge is -2.49. The van der Waals surface area contributed by atoms with E-state index in [0.717, 1.165) is 70.6 Å². The number of unbranched alkanes of at least 4 members (excludes halogenated alkanes) is 4. The van der Waals surface area contributed by atoms with Crippen LogP contribution in [0.25, 0.3) is 0 Å². The van der Waals surface area contributed by atoms with Crippen LogP contribution in [0.1, 0.15) is 115 Å². The Bertz CT molecular complexity index is 895. The van der Waals surface area contributed by atoms with Crippen LogP contribution in [-0.4, -0.2) is 29.3 Å². The van der Waals surface area contributed by atoms with Crippen LogP contribution in [0.15, 0.2) is 18.2 Å². The maximum Gasteiger partial charge on any atom is 0.311 e. The van der Waals surface area contributed by atoms with E-state index in [2.05, 4.69) is 32.9 Å². The molecule has 1 aromatic rings. The number of esters is 2. The van der Waals surface area contributed by atoms with E-state index in [1.54, 1.807) is 0 Å². The zero-order valence-corrected chi connectivity index (χ0v) is 21.9. The van der Waals surface area contributed by atoms with E-state index in [4.69, 9.17) is 9.47 Å². The number of aryl methyl sites for hydroxylation is 1. The Morgan fingerprint density at radius 1 is 1.03 bits per heavy atom. The molecule has 5 heteroatoms. The second kappa shape index (κ2) is 11.5. The van der Waals surface area contributed by atoms with Crippen LogP contribution >= 0.6 is 0 Å². The maximum atomic E-state index is 12.4. The summed E-state index contributed by atoms with van der Waals surface area (Å²) >= 11 is 0. The van der Waals surface area contributed by atoms with E-state index in [9.17, 15) is 14.7 Å². The third-order valence-corrected chi connectivity index (χ3v) is 9.13. The normalized spacial score (nSPS) is 31.3. The van der Waals surface area contributed by atoms with Crippen LogP contribution in [0.4, 0.5) is 0 Å². The number of aliphatic hydroxyl groups is 1. The highest BCUT2D eigenvalue weighted by Crippen LogP contribution is 2.61. The van der Waals surface area contributed by atoms with Crippen LogP contribution < -0.4 is 4.74 Å². The molecule has 2 saturated carbocycles. The highest BCUT2D eigenvalue weighted by atomic mass is 16.6. The molecule has 6 atom stereocenters. The number of carbonyl (C=O) groups is 2. The molecule has 5 nitrogen and oxygen atoms in total. The molecule has 0 spiro atoms. The molecule has 0 aromatic heterocycles. The molecule has 0 aliphatic heterocycles. The fraction of sp³-hybridized carbons (Fsp3) is 0.733. The number of aliphatic hydroxyl groups excluding tert-OH is 1. The van der Waals surface area contributed by atoms with Gasteiger partial charge in [0.15, 0.2) is 0 Å². The van der Waals surface area contributed by atoms with Crippen molar-refractivity contribution < 1.29 is 24.2 Å². The fourth-order valence-corrected chi connectivity index (χ4v) is 7.15. The number of rotatable bonds is 10. The molecule has 35 heavy (non-hydrogen) atoms. The summed E-state index contributed by atoms with van der Waals surface area (Å²) < 4.78 is 11.5. The van der Waals surface area contributed by atoms with Gasteiger partial charge in [-0.3, -0.25) is 9.59 Å². The minimum absolute atomic E-state index is 0.143. The lowest BCUT2D eigenvalue weighted by Crippen LogP contribution is -2.45. The average Bonchev–Trinajstić information content (AvgIpc) is 3.09. The van der Waals surface area contributed by atoms with E-state index in [-0.39, 0.29) is 23.5 Å². The summed E-state index contributed by atoms with van der Waals surface area (Å²) in [6, 6.07) is 6.19. The molecule has 0 bridgehead atoms. The SMILES string of the molecule is CCCCCC(=O)Oc1ccc2c(c1)CC[C@@H]1[C@@H]2CC[C@]2(C)[C@@H](O)[C@H](OC(=O)CCCCC)C[C@@H]12. The van der Waals surface area contributed by atoms with Gasteiger partial charge in [0.05, 0.1) is 6.10 Å². The topological polar surface area (TPSA) is 72.8 Å². The summed E-state index contributed by atoms with van der Waals surface area (Å²) in [6.45, 7) is 6.46. The highest BCUT2D eigenvalue weighted by molar-refractivity contribution is 5.72. The molecule has 3 aliphatic carbocycles. The first-order valence-corrected chi connectivity index (χ1v) is 14.1. The van der Waals surface area contributed by atoms with Gasteiger partial charge >= 0.3 is 11.9 Å². The van der Waals surface area contributed by atoms with Gasteiger partial charge in [0.1, 0.15) is 11.9 Å². The maximum absolute atomic E-state index is 12.4. The van der Waals surface area contributed by atoms with E-state index in [0.29, 0.717) is 36.3 Å². The van der Waals surface area contributed by atoms with Gasteiger partial charge in [-0.2, -0.15) is 0 Å². The van der Waals surface area contributed by atoms with Crippen molar-refractivity contribution in [3.63, 3.8) is 0 Å². The minimum Gasteiger partial charge on any atom is -0.460 e. The summed E-state index contributed by atoms with van der Waals surface area (Å²) in [5, 5.41) is 11.2. The lowest BCUT2D eigenvalue weighted by molar-refractivity contribution is -0.156. The predicted octanol–water partition coefficient (Wildman–Crippen LogP) is 6.49. The van der Waals surface area contributed by atoms with Crippen molar-refractivity contribution >= 4 is 11.9 Å². The zero-order valence-electron chi connectivity index (χ0n) is 21.9. The van der Waals surface area contributed by atoms with Crippen molar-refractivity contribution in [3.05, 3.63) is 29.3 Å². The van der Waals surface area contributed by atoms with Crippen LogP contribution in [0.5, 0.6) is 5.75 Å². The van der Waals surface area contributed by atoms with Gasteiger partial charge in [0, 0.05) is 18.3 Å². The van der Waals surface area contributed by atoms with Crippen molar-refractivity contribution in [3.8, 4) is 5.75 Å². The van der Waals surface area contributed by atoms with E-state index >= 15 is 0 Å². The molecule has 0 heterocycles. The van der Waals surface area contributed by atoms with Crippen LogP contribution in [0.2, 0.25) is 0 Å². The first-order valence-electron chi connectivity index (χ1n) is 14.1. The van der Waals surface area contributed by atoms with Gasteiger partial charge < -0.3 is 14.6 Å².